The largest absolute Gasteiger partial charge is 0.497 e. The third-order valence-electron chi connectivity index (χ3n) is 5.57. The first-order valence-corrected chi connectivity index (χ1v) is 12.6. The standard InChI is InChI=1S/C27H33N5O3S/c1-18-17-36-25(30-18)16-32(4)27(34)22-9-6-8-21(14-22)26(33)29-13-7-12-28-15-23-10-11-24(19(2)31-23)20(3)35-5/h6,8-11,14,17,28H,3,7,12-13,15-16H2,1-2,4-5H3,(H,29,33). The van der Waals surface area contributed by atoms with E-state index in [1.807, 2.05) is 31.4 Å². The van der Waals surface area contributed by atoms with E-state index >= 15 is 0 Å². The molecular weight excluding hydrogens is 474 g/mol. The molecule has 0 bridgehead atoms. The Labute approximate surface area is 216 Å². The summed E-state index contributed by atoms with van der Waals surface area (Å²) >= 11 is 1.53. The Morgan fingerprint density at radius 2 is 1.89 bits per heavy atom. The molecule has 9 heteroatoms. The zero-order valence-electron chi connectivity index (χ0n) is 21.3. The number of nitrogens with one attached hydrogen (secondary N) is 2. The topological polar surface area (TPSA) is 96.5 Å². The molecule has 0 saturated carbocycles. The van der Waals surface area contributed by atoms with Crippen molar-refractivity contribution in [3.8, 4) is 0 Å². The molecule has 0 unspecified atom stereocenters. The number of rotatable bonds is 12. The third-order valence-corrected chi connectivity index (χ3v) is 6.52. The normalized spacial score (nSPS) is 10.7. The van der Waals surface area contributed by atoms with Crippen LogP contribution in [0.1, 0.15) is 54.8 Å². The van der Waals surface area contributed by atoms with Gasteiger partial charge in [0, 0.05) is 53.6 Å². The van der Waals surface area contributed by atoms with Crippen molar-refractivity contribution in [1.29, 1.82) is 0 Å². The Morgan fingerprint density at radius 3 is 2.58 bits per heavy atom. The zero-order chi connectivity index (χ0) is 26.1. The highest BCUT2D eigenvalue weighted by atomic mass is 32.1. The maximum atomic E-state index is 12.8. The van der Waals surface area contributed by atoms with Gasteiger partial charge in [0.25, 0.3) is 11.8 Å². The van der Waals surface area contributed by atoms with Gasteiger partial charge in [-0.25, -0.2) is 4.98 Å². The van der Waals surface area contributed by atoms with Gasteiger partial charge >= 0.3 is 0 Å². The van der Waals surface area contributed by atoms with E-state index in [-0.39, 0.29) is 11.8 Å². The van der Waals surface area contributed by atoms with Crippen molar-refractivity contribution in [1.82, 2.24) is 25.5 Å². The summed E-state index contributed by atoms with van der Waals surface area (Å²) in [5, 5.41) is 9.10. The number of hydrogen-bond donors (Lipinski definition) is 2. The van der Waals surface area contributed by atoms with E-state index in [1.165, 1.54) is 11.3 Å². The SMILES string of the molecule is C=C(OC)c1ccc(CNCCCNC(=O)c2cccc(C(=O)N(C)Cc3nc(C)cs3)c2)nc1C. The third kappa shape index (κ3) is 7.47. The number of aryl methyl sites for hydroxylation is 2. The molecule has 3 aromatic rings. The minimum atomic E-state index is -0.200. The lowest BCUT2D eigenvalue weighted by molar-refractivity contribution is 0.0785. The summed E-state index contributed by atoms with van der Waals surface area (Å²) in [5.41, 5.74) is 4.59. The molecule has 36 heavy (non-hydrogen) atoms. The molecular formula is C27H33N5O3S. The van der Waals surface area contributed by atoms with Gasteiger partial charge in [-0.2, -0.15) is 0 Å². The van der Waals surface area contributed by atoms with Crippen LogP contribution >= 0.6 is 11.3 Å². The first-order valence-electron chi connectivity index (χ1n) is 11.7. The number of methoxy groups -OCH3 is 1. The van der Waals surface area contributed by atoms with Crippen molar-refractivity contribution in [3.05, 3.63) is 87.1 Å². The molecule has 3 rings (SSSR count). The lowest BCUT2D eigenvalue weighted by atomic mass is 10.1. The summed E-state index contributed by atoms with van der Waals surface area (Å²) in [4.78, 5) is 36.0. The number of carbonyl (C=O) groups is 2. The van der Waals surface area contributed by atoms with Crippen LogP contribution < -0.4 is 10.6 Å². The molecule has 1 aromatic carbocycles. The molecule has 2 N–H and O–H groups in total. The second-order valence-electron chi connectivity index (χ2n) is 8.47. The van der Waals surface area contributed by atoms with Crippen LogP contribution in [-0.4, -0.2) is 53.9 Å². The Morgan fingerprint density at radius 1 is 1.11 bits per heavy atom. The Bertz CT molecular complexity index is 1220. The van der Waals surface area contributed by atoms with Gasteiger partial charge in [0.2, 0.25) is 0 Å². The molecule has 0 aliphatic carbocycles. The molecule has 0 atom stereocenters. The van der Waals surface area contributed by atoms with Crippen LogP contribution in [-0.2, 0) is 17.8 Å². The second kappa shape index (κ2) is 12.9. The van der Waals surface area contributed by atoms with Crippen molar-refractivity contribution in [3.63, 3.8) is 0 Å². The van der Waals surface area contributed by atoms with E-state index in [2.05, 4.69) is 27.2 Å². The molecule has 2 amide bonds. The van der Waals surface area contributed by atoms with Gasteiger partial charge in [-0.15, -0.1) is 11.3 Å². The number of carbonyl (C=O) groups excluding carboxylic acids is 2. The van der Waals surface area contributed by atoms with E-state index in [0.717, 1.165) is 40.6 Å². The monoisotopic (exact) mass is 507 g/mol. The summed E-state index contributed by atoms with van der Waals surface area (Å²) < 4.78 is 5.18. The maximum Gasteiger partial charge on any atom is 0.253 e. The van der Waals surface area contributed by atoms with Crippen LogP contribution in [0.4, 0.5) is 0 Å². The highest BCUT2D eigenvalue weighted by Crippen LogP contribution is 2.17. The van der Waals surface area contributed by atoms with Gasteiger partial charge in [-0.05, 0) is 57.1 Å². The average molecular weight is 508 g/mol. The molecule has 0 aliphatic heterocycles. The fourth-order valence-corrected chi connectivity index (χ4v) is 4.44. The van der Waals surface area contributed by atoms with Crippen molar-refractivity contribution >= 4 is 28.9 Å². The number of pyridine rings is 1. The van der Waals surface area contributed by atoms with Gasteiger partial charge in [0.05, 0.1) is 19.3 Å². The molecule has 0 aliphatic rings. The van der Waals surface area contributed by atoms with Crippen molar-refractivity contribution in [2.75, 3.05) is 27.2 Å². The molecule has 2 heterocycles. The predicted molar refractivity (Wildman–Crippen MR) is 143 cm³/mol. The van der Waals surface area contributed by atoms with Gasteiger partial charge in [-0.1, -0.05) is 12.6 Å². The first kappa shape index (κ1) is 27.0. The van der Waals surface area contributed by atoms with Crippen LogP contribution in [0.15, 0.2) is 48.4 Å². The minimum Gasteiger partial charge on any atom is -0.497 e. The van der Waals surface area contributed by atoms with Gasteiger partial charge in [-0.3, -0.25) is 14.6 Å². The number of nitrogens with zero attached hydrogens (tertiary/aromatic N) is 3. The number of hydrogen-bond acceptors (Lipinski definition) is 7. The number of benzene rings is 1. The predicted octanol–water partition coefficient (Wildman–Crippen LogP) is 3.95. The highest BCUT2D eigenvalue weighted by molar-refractivity contribution is 7.09. The Balaban J connectivity index is 1.42. The second-order valence-corrected chi connectivity index (χ2v) is 9.42. The van der Waals surface area contributed by atoms with Crippen LogP contribution in [0.3, 0.4) is 0 Å². The Kier molecular flexibility index (Phi) is 9.72. The van der Waals surface area contributed by atoms with E-state index < -0.39 is 0 Å². The molecule has 8 nitrogen and oxygen atoms in total. The van der Waals surface area contributed by atoms with Crippen molar-refractivity contribution < 1.29 is 14.3 Å². The van der Waals surface area contributed by atoms with Crippen molar-refractivity contribution in [2.24, 2.45) is 0 Å². The summed E-state index contributed by atoms with van der Waals surface area (Å²) in [6, 6.07) is 10.7. The molecule has 0 fully saturated rings. The van der Waals surface area contributed by atoms with Crippen LogP contribution in [0, 0.1) is 13.8 Å². The maximum absolute atomic E-state index is 12.8. The summed E-state index contributed by atoms with van der Waals surface area (Å²) in [7, 11) is 3.33. The number of ether oxygens (including phenoxy) is 1. The fourth-order valence-electron chi connectivity index (χ4n) is 3.61. The lowest BCUT2D eigenvalue weighted by Crippen LogP contribution is -2.28. The summed E-state index contributed by atoms with van der Waals surface area (Å²) in [5.74, 6) is 0.252. The number of aromatic nitrogens is 2. The van der Waals surface area contributed by atoms with E-state index in [0.29, 0.717) is 36.5 Å². The van der Waals surface area contributed by atoms with Gasteiger partial charge in [0.15, 0.2) is 0 Å². The molecule has 2 aromatic heterocycles. The minimum absolute atomic E-state index is 0.148. The van der Waals surface area contributed by atoms with Crippen molar-refractivity contribution in [2.45, 2.75) is 33.4 Å². The summed E-state index contributed by atoms with van der Waals surface area (Å²) in [6.07, 6.45) is 0.762. The quantitative estimate of drug-likeness (QED) is 0.285. The smallest absolute Gasteiger partial charge is 0.253 e. The Hall–Kier alpha value is -3.56. The van der Waals surface area contributed by atoms with E-state index in [9.17, 15) is 9.59 Å². The first-order chi connectivity index (χ1) is 17.3. The van der Waals surface area contributed by atoms with Crippen LogP contribution in [0.25, 0.3) is 5.76 Å². The molecule has 0 saturated heterocycles. The average Bonchev–Trinajstić information content (AvgIpc) is 3.29. The highest BCUT2D eigenvalue weighted by Gasteiger charge is 2.15. The number of amides is 2. The van der Waals surface area contributed by atoms with E-state index in [4.69, 9.17) is 4.74 Å². The number of thiazole rings is 1. The van der Waals surface area contributed by atoms with E-state index in [1.54, 1.807) is 43.3 Å². The molecule has 0 radical (unpaired) electrons. The van der Waals surface area contributed by atoms with Gasteiger partial charge < -0.3 is 20.3 Å². The summed E-state index contributed by atoms with van der Waals surface area (Å²) in [6.45, 7) is 10.0. The lowest BCUT2D eigenvalue weighted by Gasteiger charge is -2.16. The molecule has 190 valence electrons. The zero-order valence-corrected chi connectivity index (χ0v) is 22.1. The fraction of sp³-hybridized carbons (Fsp3) is 0.333. The van der Waals surface area contributed by atoms with Gasteiger partial charge in [0.1, 0.15) is 10.8 Å². The van der Waals surface area contributed by atoms with Crippen LogP contribution in [0.2, 0.25) is 0 Å². The molecule has 0 spiro atoms. The van der Waals surface area contributed by atoms with Crippen LogP contribution in [0.5, 0.6) is 0 Å².